The van der Waals surface area contributed by atoms with Crippen LogP contribution in [0.1, 0.15) is 37.8 Å². The summed E-state index contributed by atoms with van der Waals surface area (Å²) in [5.74, 6) is 2.49. The molecule has 1 aromatic rings. The van der Waals surface area contributed by atoms with E-state index < -0.39 is 0 Å². The van der Waals surface area contributed by atoms with Crippen molar-refractivity contribution in [2.75, 3.05) is 32.1 Å². The molecule has 0 spiro atoms. The van der Waals surface area contributed by atoms with Crippen LogP contribution in [0.3, 0.4) is 0 Å². The lowest BCUT2D eigenvalue weighted by Crippen LogP contribution is -2.40. The maximum Gasteiger partial charge on any atom is 0.222 e. The monoisotopic (exact) mass is 302 g/mol. The highest BCUT2D eigenvalue weighted by atomic mass is 16.2. The van der Waals surface area contributed by atoms with Gasteiger partial charge in [0.1, 0.15) is 5.82 Å². The van der Waals surface area contributed by atoms with E-state index in [-0.39, 0.29) is 0 Å². The van der Waals surface area contributed by atoms with Crippen LogP contribution < -0.4 is 4.90 Å². The van der Waals surface area contributed by atoms with Crippen molar-refractivity contribution in [1.82, 2.24) is 14.9 Å². The SMILES string of the molecule is CN(C)c1nccnc1CC1CCCN(C(=O)CC2CC2)C1. The Morgan fingerprint density at radius 1 is 1.23 bits per heavy atom. The van der Waals surface area contributed by atoms with Gasteiger partial charge in [0.2, 0.25) is 5.91 Å². The van der Waals surface area contributed by atoms with Gasteiger partial charge in [0.15, 0.2) is 0 Å². The fraction of sp³-hybridized carbons (Fsp3) is 0.706. The molecule has 1 saturated carbocycles. The van der Waals surface area contributed by atoms with E-state index in [9.17, 15) is 4.79 Å². The Morgan fingerprint density at radius 2 is 2.00 bits per heavy atom. The van der Waals surface area contributed by atoms with Gasteiger partial charge in [0.25, 0.3) is 0 Å². The van der Waals surface area contributed by atoms with Crippen molar-refractivity contribution in [3.8, 4) is 0 Å². The summed E-state index contributed by atoms with van der Waals surface area (Å²) in [7, 11) is 4.00. The van der Waals surface area contributed by atoms with Crippen LogP contribution >= 0.6 is 0 Å². The maximum absolute atomic E-state index is 12.3. The normalized spacial score (nSPS) is 21.7. The van der Waals surface area contributed by atoms with Crippen LogP contribution in [0.5, 0.6) is 0 Å². The number of rotatable bonds is 5. The lowest BCUT2D eigenvalue weighted by Gasteiger charge is -2.33. The second kappa shape index (κ2) is 6.63. The Labute approximate surface area is 132 Å². The number of amides is 1. The summed E-state index contributed by atoms with van der Waals surface area (Å²) in [4.78, 5) is 25.4. The van der Waals surface area contributed by atoms with Crippen LogP contribution in [-0.4, -0.2) is 48.0 Å². The molecule has 2 heterocycles. The van der Waals surface area contributed by atoms with Crippen molar-refractivity contribution in [1.29, 1.82) is 0 Å². The molecule has 22 heavy (non-hydrogen) atoms. The second-order valence-corrected chi connectivity index (χ2v) is 6.92. The minimum absolute atomic E-state index is 0.360. The summed E-state index contributed by atoms with van der Waals surface area (Å²) in [5.41, 5.74) is 1.05. The van der Waals surface area contributed by atoms with Crippen molar-refractivity contribution in [2.24, 2.45) is 11.8 Å². The second-order valence-electron chi connectivity index (χ2n) is 6.92. The van der Waals surface area contributed by atoms with Crippen molar-refractivity contribution < 1.29 is 4.79 Å². The van der Waals surface area contributed by atoms with Crippen LogP contribution in [0.25, 0.3) is 0 Å². The average molecular weight is 302 g/mol. The highest BCUT2D eigenvalue weighted by Gasteiger charge is 2.30. The van der Waals surface area contributed by atoms with Gasteiger partial charge < -0.3 is 9.80 Å². The lowest BCUT2D eigenvalue weighted by molar-refractivity contribution is -0.133. The van der Waals surface area contributed by atoms with E-state index in [1.165, 1.54) is 19.3 Å². The van der Waals surface area contributed by atoms with Crippen LogP contribution in [-0.2, 0) is 11.2 Å². The Kier molecular flexibility index (Phi) is 4.60. The van der Waals surface area contributed by atoms with Crippen LogP contribution in [0.15, 0.2) is 12.4 Å². The van der Waals surface area contributed by atoms with E-state index in [1.807, 2.05) is 19.0 Å². The van der Waals surface area contributed by atoms with Gasteiger partial charge in [-0.3, -0.25) is 9.78 Å². The van der Waals surface area contributed by atoms with Crippen molar-refractivity contribution in [3.63, 3.8) is 0 Å². The minimum Gasteiger partial charge on any atom is -0.361 e. The van der Waals surface area contributed by atoms with E-state index in [0.29, 0.717) is 17.7 Å². The van der Waals surface area contributed by atoms with E-state index in [1.54, 1.807) is 12.4 Å². The summed E-state index contributed by atoms with van der Waals surface area (Å²) in [6.45, 7) is 1.82. The molecule has 1 aromatic heterocycles. The summed E-state index contributed by atoms with van der Waals surface area (Å²) in [6.07, 6.45) is 9.96. The molecule has 5 nitrogen and oxygen atoms in total. The van der Waals surface area contributed by atoms with E-state index in [0.717, 1.165) is 43.9 Å². The van der Waals surface area contributed by atoms with Gasteiger partial charge in [-0.25, -0.2) is 4.98 Å². The quantitative estimate of drug-likeness (QED) is 0.836. The lowest BCUT2D eigenvalue weighted by atomic mass is 9.93. The molecule has 0 bridgehead atoms. The Hall–Kier alpha value is -1.65. The first-order valence-corrected chi connectivity index (χ1v) is 8.38. The molecule has 1 aliphatic carbocycles. The summed E-state index contributed by atoms with van der Waals surface area (Å²) >= 11 is 0. The fourth-order valence-corrected chi connectivity index (χ4v) is 3.31. The fourth-order valence-electron chi connectivity index (χ4n) is 3.31. The third kappa shape index (κ3) is 3.76. The molecule has 1 saturated heterocycles. The minimum atomic E-state index is 0.360. The number of carbonyl (C=O) groups is 1. The molecule has 2 fully saturated rings. The first kappa shape index (κ1) is 15.3. The van der Waals surface area contributed by atoms with E-state index in [2.05, 4.69) is 14.9 Å². The zero-order valence-electron chi connectivity index (χ0n) is 13.7. The third-order valence-corrected chi connectivity index (χ3v) is 4.69. The topological polar surface area (TPSA) is 49.3 Å². The molecule has 0 N–H and O–H groups in total. The molecule has 5 heteroatoms. The third-order valence-electron chi connectivity index (χ3n) is 4.69. The maximum atomic E-state index is 12.3. The number of anilines is 1. The summed E-state index contributed by atoms with van der Waals surface area (Å²) in [5, 5.41) is 0. The zero-order valence-corrected chi connectivity index (χ0v) is 13.7. The van der Waals surface area contributed by atoms with Crippen LogP contribution in [0.2, 0.25) is 0 Å². The molecule has 0 radical (unpaired) electrons. The van der Waals surface area contributed by atoms with Gasteiger partial charge in [-0.05, 0) is 43.9 Å². The first-order chi connectivity index (χ1) is 10.6. The van der Waals surface area contributed by atoms with Gasteiger partial charge in [-0.1, -0.05) is 0 Å². The number of hydrogen-bond donors (Lipinski definition) is 0. The predicted molar refractivity (Wildman–Crippen MR) is 86.7 cm³/mol. The van der Waals surface area contributed by atoms with E-state index >= 15 is 0 Å². The Balaban J connectivity index is 1.61. The van der Waals surface area contributed by atoms with Crippen LogP contribution in [0, 0.1) is 11.8 Å². The molecule has 1 aliphatic heterocycles. The molecule has 120 valence electrons. The molecule has 2 aliphatic rings. The van der Waals surface area contributed by atoms with Gasteiger partial charge >= 0.3 is 0 Å². The van der Waals surface area contributed by atoms with Crippen LogP contribution in [0.4, 0.5) is 5.82 Å². The molecule has 0 aromatic carbocycles. The Bertz CT molecular complexity index is 527. The predicted octanol–water partition coefficient (Wildman–Crippen LogP) is 2.12. The van der Waals surface area contributed by atoms with Crippen molar-refractivity contribution in [2.45, 2.75) is 38.5 Å². The summed E-state index contributed by atoms with van der Waals surface area (Å²) < 4.78 is 0. The smallest absolute Gasteiger partial charge is 0.222 e. The van der Waals surface area contributed by atoms with Gasteiger partial charge in [-0.15, -0.1) is 0 Å². The number of nitrogens with zero attached hydrogens (tertiary/aromatic N) is 4. The number of carbonyl (C=O) groups excluding carboxylic acids is 1. The molecular formula is C17H26N4O. The molecule has 3 rings (SSSR count). The van der Waals surface area contributed by atoms with Crippen molar-refractivity contribution in [3.05, 3.63) is 18.1 Å². The summed E-state index contributed by atoms with van der Waals surface area (Å²) in [6, 6.07) is 0. The largest absolute Gasteiger partial charge is 0.361 e. The number of aromatic nitrogens is 2. The zero-order chi connectivity index (χ0) is 15.5. The highest BCUT2D eigenvalue weighted by molar-refractivity contribution is 5.76. The molecule has 1 atom stereocenters. The van der Waals surface area contributed by atoms with Gasteiger partial charge in [0.05, 0.1) is 5.69 Å². The number of piperidine rings is 1. The van der Waals surface area contributed by atoms with Gasteiger partial charge in [0, 0.05) is 46.0 Å². The number of likely N-dealkylation sites (tertiary alicyclic amines) is 1. The standard InChI is InChI=1S/C17H26N4O/c1-20(2)17-15(18-7-8-19-17)10-14-4-3-9-21(12-14)16(22)11-13-5-6-13/h7-8,13-14H,3-6,9-12H2,1-2H3. The number of hydrogen-bond acceptors (Lipinski definition) is 4. The average Bonchev–Trinajstić information content (AvgIpc) is 3.32. The molecule has 1 unspecified atom stereocenters. The molecule has 1 amide bonds. The Morgan fingerprint density at radius 3 is 2.73 bits per heavy atom. The first-order valence-electron chi connectivity index (χ1n) is 8.38. The van der Waals surface area contributed by atoms with Crippen molar-refractivity contribution >= 4 is 11.7 Å². The molecular weight excluding hydrogens is 276 g/mol. The van der Waals surface area contributed by atoms with Gasteiger partial charge in [-0.2, -0.15) is 0 Å². The highest BCUT2D eigenvalue weighted by Crippen LogP contribution is 2.33. The van der Waals surface area contributed by atoms with E-state index in [4.69, 9.17) is 0 Å².